The van der Waals surface area contributed by atoms with Crippen LogP contribution in [0.1, 0.15) is 5.56 Å². The lowest BCUT2D eigenvalue weighted by Crippen LogP contribution is -1.82. The highest BCUT2D eigenvalue weighted by Gasteiger charge is 2.11. The molecular weight excluding hydrogens is 192 g/mol. The molecule has 0 aliphatic heterocycles. The van der Waals surface area contributed by atoms with Gasteiger partial charge in [0.2, 0.25) is 0 Å². The van der Waals surface area contributed by atoms with Gasteiger partial charge in [-0.25, -0.2) is 8.78 Å². The van der Waals surface area contributed by atoms with Crippen LogP contribution in [0.2, 0.25) is 0 Å². The summed E-state index contributed by atoms with van der Waals surface area (Å²) in [4.78, 5) is 0. The molecule has 2 aromatic rings. The number of rotatable bonds is 0. The van der Waals surface area contributed by atoms with E-state index in [0.29, 0.717) is 10.1 Å². The quantitative estimate of drug-likeness (QED) is 0.633. The second-order valence-electron chi connectivity index (χ2n) is 2.49. The SMILES string of the molecule is N#Cc1c(F)ccc2c(F)csc12. The molecule has 0 saturated carbocycles. The molecule has 64 valence electrons. The van der Waals surface area contributed by atoms with Gasteiger partial charge in [-0.05, 0) is 12.1 Å². The van der Waals surface area contributed by atoms with Gasteiger partial charge in [0, 0.05) is 10.8 Å². The van der Waals surface area contributed by atoms with Gasteiger partial charge in [-0.1, -0.05) is 0 Å². The minimum absolute atomic E-state index is 0.0774. The molecule has 0 atom stereocenters. The van der Waals surface area contributed by atoms with Crippen LogP contribution in [0.25, 0.3) is 10.1 Å². The first kappa shape index (κ1) is 8.14. The molecule has 1 heterocycles. The molecule has 0 radical (unpaired) electrons. The van der Waals surface area contributed by atoms with Gasteiger partial charge < -0.3 is 0 Å². The summed E-state index contributed by atoms with van der Waals surface area (Å²) in [6, 6.07) is 4.17. The monoisotopic (exact) mass is 195 g/mol. The largest absolute Gasteiger partial charge is 0.205 e. The van der Waals surface area contributed by atoms with Gasteiger partial charge >= 0.3 is 0 Å². The number of nitriles is 1. The van der Waals surface area contributed by atoms with Crippen LogP contribution in [0.5, 0.6) is 0 Å². The second-order valence-corrected chi connectivity index (χ2v) is 3.37. The molecule has 0 N–H and O–H groups in total. The maximum Gasteiger partial charge on any atom is 0.142 e. The van der Waals surface area contributed by atoms with E-state index in [2.05, 4.69) is 0 Å². The summed E-state index contributed by atoms with van der Waals surface area (Å²) in [7, 11) is 0. The average Bonchev–Trinajstić information content (AvgIpc) is 2.48. The Morgan fingerprint density at radius 3 is 2.69 bits per heavy atom. The highest BCUT2D eigenvalue weighted by atomic mass is 32.1. The molecule has 0 bridgehead atoms. The van der Waals surface area contributed by atoms with Crippen LogP contribution >= 0.6 is 11.3 Å². The summed E-state index contributed by atoms with van der Waals surface area (Å²) >= 11 is 1.04. The van der Waals surface area contributed by atoms with E-state index in [9.17, 15) is 8.78 Å². The lowest BCUT2D eigenvalue weighted by atomic mass is 10.2. The molecule has 1 aromatic heterocycles. The first-order valence-corrected chi connectivity index (χ1v) is 4.37. The van der Waals surface area contributed by atoms with Crippen LogP contribution < -0.4 is 0 Å². The number of hydrogen-bond donors (Lipinski definition) is 0. The van der Waals surface area contributed by atoms with E-state index in [1.807, 2.05) is 0 Å². The molecule has 0 amide bonds. The highest BCUT2D eigenvalue weighted by molar-refractivity contribution is 7.17. The third-order valence-electron chi connectivity index (χ3n) is 1.76. The van der Waals surface area contributed by atoms with Crippen molar-refractivity contribution in [3.8, 4) is 6.07 Å². The van der Waals surface area contributed by atoms with E-state index < -0.39 is 11.6 Å². The van der Waals surface area contributed by atoms with E-state index in [4.69, 9.17) is 5.26 Å². The minimum atomic E-state index is -0.600. The van der Waals surface area contributed by atoms with Gasteiger partial charge in [0.25, 0.3) is 0 Å². The maximum atomic E-state index is 13.0. The Hall–Kier alpha value is -1.47. The summed E-state index contributed by atoms with van der Waals surface area (Å²) < 4.78 is 26.3. The zero-order chi connectivity index (χ0) is 9.42. The van der Waals surface area contributed by atoms with Gasteiger partial charge in [0.05, 0.1) is 4.70 Å². The molecule has 0 aliphatic carbocycles. The zero-order valence-corrected chi connectivity index (χ0v) is 7.16. The van der Waals surface area contributed by atoms with Crippen LogP contribution in [-0.4, -0.2) is 0 Å². The average molecular weight is 195 g/mol. The van der Waals surface area contributed by atoms with Crippen molar-refractivity contribution >= 4 is 21.4 Å². The first-order valence-electron chi connectivity index (χ1n) is 3.49. The smallest absolute Gasteiger partial charge is 0.142 e. The molecule has 4 heteroatoms. The van der Waals surface area contributed by atoms with Crippen molar-refractivity contribution in [3.63, 3.8) is 0 Å². The molecule has 0 spiro atoms. The van der Waals surface area contributed by atoms with Crippen LogP contribution in [0.15, 0.2) is 17.5 Å². The lowest BCUT2D eigenvalue weighted by Gasteiger charge is -1.94. The van der Waals surface area contributed by atoms with Gasteiger partial charge in [-0.3, -0.25) is 0 Å². The van der Waals surface area contributed by atoms with E-state index in [-0.39, 0.29) is 5.56 Å². The molecule has 1 nitrogen and oxygen atoms in total. The number of thiophene rings is 1. The van der Waals surface area contributed by atoms with Gasteiger partial charge in [0.1, 0.15) is 23.3 Å². The number of hydrogen-bond acceptors (Lipinski definition) is 2. The lowest BCUT2D eigenvalue weighted by molar-refractivity contribution is 0.625. The second kappa shape index (κ2) is 2.79. The third-order valence-corrected chi connectivity index (χ3v) is 2.74. The Morgan fingerprint density at radius 1 is 1.23 bits per heavy atom. The zero-order valence-electron chi connectivity index (χ0n) is 6.34. The van der Waals surface area contributed by atoms with Crippen LogP contribution in [0.4, 0.5) is 8.78 Å². The Balaban J connectivity index is 2.95. The molecule has 13 heavy (non-hydrogen) atoms. The van der Waals surface area contributed by atoms with Crippen molar-refractivity contribution in [1.29, 1.82) is 5.26 Å². The Kier molecular flexibility index (Phi) is 1.74. The third kappa shape index (κ3) is 1.09. The van der Waals surface area contributed by atoms with Gasteiger partial charge in [0.15, 0.2) is 0 Å². The fourth-order valence-corrected chi connectivity index (χ4v) is 2.05. The fourth-order valence-electron chi connectivity index (χ4n) is 1.15. The summed E-state index contributed by atoms with van der Waals surface area (Å²) in [5.41, 5.74) is -0.0774. The number of benzene rings is 1. The molecule has 0 fully saturated rings. The summed E-state index contributed by atoms with van der Waals surface area (Å²) in [5.74, 6) is -1.01. The van der Waals surface area contributed by atoms with Crippen LogP contribution in [0.3, 0.4) is 0 Å². The Morgan fingerprint density at radius 2 is 2.00 bits per heavy atom. The summed E-state index contributed by atoms with van der Waals surface area (Å²) in [5, 5.41) is 10.2. The maximum absolute atomic E-state index is 13.0. The number of fused-ring (bicyclic) bond motifs is 1. The Labute approximate surface area is 76.8 Å². The normalized spacial score (nSPS) is 10.2. The van der Waals surface area contributed by atoms with E-state index in [1.165, 1.54) is 11.4 Å². The molecular formula is C9H3F2NS. The number of nitrogens with zero attached hydrogens (tertiary/aromatic N) is 1. The van der Waals surface area contributed by atoms with Crippen molar-refractivity contribution in [2.45, 2.75) is 0 Å². The summed E-state index contributed by atoms with van der Waals surface area (Å²) in [6.07, 6.45) is 0. The van der Waals surface area contributed by atoms with Crippen molar-refractivity contribution in [3.05, 3.63) is 34.7 Å². The molecule has 0 saturated heterocycles. The predicted octanol–water partition coefficient (Wildman–Crippen LogP) is 3.05. The van der Waals surface area contributed by atoms with E-state index in [0.717, 1.165) is 17.4 Å². The Bertz CT molecular complexity index is 510. The van der Waals surface area contributed by atoms with Crippen LogP contribution in [-0.2, 0) is 0 Å². The van der Waals surface area contributed by atoms with Gasteiger partial charge in [-0.15, -0.1) is 11.3 Å². The molecule has 0 aliphatic rings. The fraction of sp³-hybridized carbons (Fsp3) is 0. The minimum Gasteiger partial charge on any atom is -0.205 e. The van der Waals surface area contributed by atoms with E-state index in [1.54, 1.807) is 6.07 Å². The highest BCUT2D eigenvalue weighted by Crippen LogP contribution is 2.28. The molecule has 0 unspecified atom stereocenters. The molecule has 2 rings (SSSR count). The van der Waals surface area contributed by atoms with E-state index >= 15 is 0 Å². The first-order chi connectivity index (χ1) is 6.24. The standard InChI is InChI=1S/C9H3F2NS/c10-7-2-1-5-8(11)4-13-9(5)6(7)3-12/h1-2,4H. The van der Waals surface area contributed by atoms with Crippen molar-refractivity contribution in [1.82, 2.24) is 0 Å². The van der Waals surface area contributed by atoms with Crippen LogP contribution in [0, 0.1) is 23.0 Å². The van der Waals surface area contributed by atoms with Crippen molar-refractivity contribution < 1.29 is 8.78 Å². The summed E-state index contributed by atoms with van der Waals surface area (Å²) in [6.45, 7) is 0. The van der Waals surface area contributed by atoms with Crippen molar-refractivity contribution in [2.24, 2.45) is 0 Å². The predicted molar refractivity (Wildman–Crippen MR) is 46.5 cm³/mol. The topological polar surface area (TPSA) is 23.8 Å². The molecule has 1 aromatic carbocycles. The van der Waals surface area contributed by atoms with Crippen molar-refractivity contribution in [2.75, 3.05) is 0 Å². The van der Waals surface area contributed by atoms with Gasteiger partial charge in [-0.2, -0.15) is 5.26 Å². The number of halogens is 2.